The van der Waals surface area contributed by atoms with Crippen LogP contribution in [0.2, 0.25) is 0 Å². The highest BCUT2D eigenvalue weighted by Crippen LogP contribution is 2.29. The minimum atomic E-state index is -0.329. The molecule has 19 heavy (non-hydrogen) atoms. The van der Waals surface area contributed by atoms with Crippen LogP contribution in [0.5, 0.6) is 0 Å². The molecule has 0 radical (unpaired) electrons. The third-order valence-electron chi connectivity index (χ3n) is 3.69. The van der Waals surface area contributed by atoms with Gasteiger partial charge < -0.3 is 4.90 Å². The van der Waals surface area contributed by atoms with E-state index >= 15 is 0 Å². The number of anilines is 1. The average molecular weight is 280 g/mol. The Morgan fingerprint density at radius 3 is 2.84 bits per heavy atom. The van der Waals surface area contributed by atoms with E-state index in [9.17, 15) is 10.1 Å². The fourth-order valence-corrected chi connectivity index (χ4v) is 3.35. The van der Waals surface area contributed by atoms with Crippen LogP contribution in [0.15, 0.2) is 18.2 Å². The van der Waals surface area contributed by atoms with E-state index in [1.807, 2.05) is 24.8 Å². The lowest BCUT2D eigenvalue weighted by Crippen LogP contribution is -2.30. The molecular formula is C14H20N2O2S. The molecule has 1 saturated heterocycles. The van der Waals surface area contributed by atoms with Crippen LogP contribution in [0.3, 0.4) is 0 Å². The standard InChI is InChI=1S/C14H20N2O2S/c1-11-9-12(16(17)18)6-7-14(11)15-8-4-3-5-13(10-15)19-2/h6-7,9,13H,3-5,8,10H2,1-2H3. The second-order valence-corrected chi connectivity index (χ2v) is 6.17. The zero-order valence-electron chi connectivity index (χ0n) is 11.5. The first kappa shape index (κ1) is 14.2. The number of nitro benzene ring substituents is 1. The molecule has 0 aromatic heterocycles. The van der Waals surface area contributed by atoms with Gasteiger partial charge in [-0.05, 0) is 37.7 Å². The summed E-state index contributed by atoms with van der Waals surface area (Å²) in [4.78, 5) is 12.8. The maximum absolute atomic E-state index is 10.8. The van der Waals surface area contributed by atoms with E-state index in [0.29, 0.717) is 5.25 Å². The van der Waals surface area contributed by atoms with Crippen molar-refractivity contribution in [2.75, 3.05) is 24.2 Å². The monoisotopic (exact) mass is 280 g/mol. The number of non-ortho nitro benzene ring substituents is 1. The summed E-state index contributed by atoms with van der Waals surface area (Å²) in [6.45, 7) is 4.05. The molecule has 0 amide bonds. The largest absolute Gasteiger partial charge is 0.370 e. The maximum atomic E-state index is 10.8. The minimum absolute atomic E-state index is 0.178. The van der Waals surface area contributed by atoms with Crippen molar-refractivity contribution in [3.05, 3.63) is 33.9 Å². The van der Waals surface area contributed by atoms with Crippen molar-refractivity contribution in [2.45, 2.75) is 31.4 Å². The van der Waals surface area contributed by atoms with Crippen LogP contribution in [0.4, 0.5) is 11.4 Å². The van der Waals surface area contributed by atoms with Gasteiger partial charge in [0, 0.05) is 36.2 Å². The third-order valence-corrected chi connectivity index (χ3v) is 4.74. The van der Waals surface area contributed by atoms with Crippen molar-refractivity contribution >= 4 is 23.1 Å². The summed E-state index contributed by atoms with van der Waals surface area (Å²) in [6, 6.07) is 5.19. The Kier molecular flexibility index (Phi) is 4.69. The van der Waals surface area contributed by atoms with Crippen LogP contribution in [-0.4, -0.2) is 29.5 Å². The van der Waals surface area contributed by atoms with Crippen LogP contribution in [-0.2, 0) is 0 Å². The Bertz CT molecular complexity index is 465. The summed E-state index contributed by atoms with van der Waals surface area (Å²) >= 11 is 1.92. The molecule has 1 aliphatic rings. The van der Waals surface area contributed by atoms with Gasteiger partial charge in [0.2, 0.25) is 0 Å². The Morgan fingerprint density at radius 1 is 1.42 bits per heavy atom. The van der Waals surface area contributed by atoms with Gasteiger partial charge in [-0.3, -0.25) is 10.1 Å². The first-order valence-corrected chi connectivity index (χ1v) is 7.93. The molecule has 0 bridgehead atoms. The molecule has 2 rings (SSSR count). The second-order valence-electron chi connectivity index (χ2n) is 5.03. The summed E-state index contributed by atoms with van der Waals surface area (Å²) < 4.78 is 0. The Hall–Kier alpha value is -1.23. The summed E-state index contributed by atoms with van der Waals surface area (Å²) in [5.41, 5.74) is 2.32. The molecule has 1 fully saturated rings. The average Bonchev–Trinajstić information content (AvgIpc) is 2.63. The van der Waals surface area contributed by atoms with Gasteiger partial charge in [0.1, 0.15) is 0 Å². The van der Waals surface area contributed by atoms with Crippen LogP contribution in [0.25, 0.3) is 0 Å². The quantitative estimate of drug-likeness (QED) is 0.626. The fourth-order valence-electron chi connectivity index (χ4n) is 2.62. The molecule has 104 valence electrons. The van der Waals surface area contributed by atoms with E-state index in [0.717, 1.165) is 24.3 Å². The molecule has 4 nitrogen and oxygen atoms in total. The lowest BCUT2D eigenvalue weighted by atomic mass is 10.1. The molecule has 1 unspecified atom stereocenters. The van der Waals surface area contributed by atoms with Gasteiger partial charge in [0.05, 0.1) is 4.92 Å². The lowest BCUT2D eigenvalue weighted by molar-refractivity contribution is -0.384. The molecule has 1 aromatic carbocycles. The number of nitrogens with zero attached hydrogens (tertiary/aromatic N) is 2. The van der Waals surface area contributed by atoms with Crippen LogP contribution in [0.1, 0.15) is 24.8 Å². The second kappa shape index (κ2) is 6.28. The predicted molar refractivity (Wildman–Crippen MR) is 81.2 cm³/mol. The molecule has 0 N–H and O–H groups in total. The van der Waals surface area contributed by atoms with E-state index in [4.69, 9.17) is 0 Å². The van der Waals surface area contributed by atoms with Crippen molar-refractivity contribution in [3.63, 3.8) is 0 Å². The maximum Gasteiger partial charge on any atom is 0.269 e. The van der Waals surface area contributed by atoms with Crippen molar-refractivity contribution in [2.24, 2.45) is 0 Å². The number of rotatable bonds is 3. The molecule has 0 aliphatic carbocycles. The highest BCUT2D eigenvalue weighted by molar-refractivity contribution is 7.99. The van der Waals surface area contributed by atoms with E-state index < -0.39 is 0 Å². The summed E-state index contributed by atoms with van der Waals surface area (Å²) in [5, 5.41) is 11.4. The molecule has 1 atom stereocenters. The van der Waals surface area contributed by atoms with Gasteiger partial charge >= 0.3 is 0 Å². The number of aryl methyl sites for hydroxylation is 1. The molecule has 0 spiro atoms. The van der Waals surface area contributed by atoms with Crippen molar-refractivity contribution < 1.29 is 4.92 Å². The Balaban J connectivity index is 2.22. The van der Waals surface area contributed by atoms with E-state index in [1.165, 1.54) is 19.3 Å². The van der Waals surface area contributed by atoms with Crippen molar-refractivity contribution in [1.29, 1.82) is 0 Å². The number of hydrogen-bond acceptors (Lipinski definition) is 4. The molecule has 1 aliphatic heterocycles. The van der Waals surface area contributed by atoms with E-state index in [-0.39, 0.29) is 10.6 Å². The smallest absolute Gasteiger partial charge is 0.269 e. The SMILES string of the molecule is CSC1CCCCN(c2ccc([N+](=O)[O-])cc2C)C1. The van der Waals surface area contributed by atoms with Gasteiger partial charge in [-0.1, -0.05) is 6.42 Å². The zero-order valence-corrected chi connectivity index (χ0v) is 12.3. The predicted octanol–water partition coefficient (Wildman–Crippen LogP) is 3.63. The summed E-state index contributed by atoms with van der Waals surface area (Å²) in [5.74, 6) is 0. The molecule has 1 heterocycles. The molecule has 0 saturated carbocycles. The highest BCUT2D eigenvalue weighted by Gasteiger charge is 2.19. The van der Waals surface area contributed by atoms with Gasteiger partial charge in [-0.15, -0.1) is 0 Å². The van der Waals surface area contributed by atoms with Crippen molar-refractivity contribution in [3.8, 4) is 0 Å². The van der Waals surface area contributed by atoms with Crippen molar-refractivity contribution in [1.82, 2.24) is 0 Å². The van der Waals surface area contributed by atoms with Crippen LogP contribution < -0.4 is 4.90 Å². The first-order valence-electron chi connectivity index (χ1n) is 6.64. The van der Waals surface area contributed by atoms with E-state index in [2.05, 4.69) is 11.2 Å². The molecule has 5 heteroatoms. The lowest BCUT2D eigenvalue weighted by Gasteiger charge is -2.27. The normalized spacial score (nSPS) is 20.1. The number of benzene rings is 1. The number of nitro groups is 1. The molecule has 1 aromatic rings. The van der Waals surface area contributed by atoms with E-state index in [1.54, 1.807) is 12.1 Å². The van der Waals surface area contributed by atoms with Crippen LogP contribution >= 0.6 is 11.8 Å². The zero-order chi connectivity index (χ0) is 13.8. The Morgan fingerprint density at radius 2 is 2.21 bits per heavy atom. The number of hydrogen-bond donors (Lipinski definition) is 0. The summed E-state index contributed by atoms with van der Waals surface area (Å²) in [6.07, 6.45) is 5.90. The van der Waals surface area contributed by atoms with Gasteiger partial charge in [0.25, 0.3) is 5.69 Å². The van der Waals surface area contributed by atoms with Crippen LogP contribution in [0, 0.1) is 17.0 Å². The highest BCUT2D eigenvalue weighted by atomic mass is 32.2. The van der Waals surface area contributed by atoms with Gasteiger partial charge in [0.15, 0.2) is 0 Å². The van der Waals surface area contributed by atoms with Gasteiger partial charge in [-0.2, -0.15) is 11.8 Å². The minimum Gasteiger partial charge on any atom is -0.370 e. The topological polar surface area (TPSA) is 46.4 Å². The third kappa shape index (κ3) is 3.41. The molecular weight excluding hydrogens is 260 g/mol. The fraction of sp³-hybridized carbons (Fsp3) is 0.571. The first-order chi connectivity index (χ1) is 9.11. The Labute approximate surface area is 118 Å². The van der Waals surface area contributed by atoms with Gasteiger partial charge in [-0.25, -0.2) is 0 Å². The number of thioether (sulfide) groups is 1. The summed E-state index contributed by atoms with van der Waals surface area (Å²) in [7, 11) is 0.